The van der Waals surface area contributed by atoms with E-state index < -0.39 is 11.5 Å². The van der Waals surface area contributed by atoms with Crippen molar-refractivity contribution in [3.05, 3.63) is 35.9 Å². The lowest BCUT2D eigenvalue weighted by molar-refractivity contribution is -0.145. The van der Waals surface area contributed by atoms with E-state index >= 15 is 0 Å². The van der Waals surface area contributed by atoms with Gasteiger partial charge in [0.25, 0.3) is 0 Å². The van der Waals surface area contributed by atoms with Crippen LogP contribution in [0.25, 0.3) is 0 Å². The highest BCUT2D eigenvalue weighted by molar-refractivity contribution is 5.85. The first kappa shape index (κ1) is 15.5. The van der Waals surface area contributed by atoms with E-state index in [-0.39, 0.29) is 5.91 Å². The molecule has 4 nitrogen and oxygen atoms in total. The molecule has 0 bridgehead atoms. The Hall–Kier alpha value is -1.39. The molecule has 0 unspecified atom stereocenters. The van der Waals surface area contributed by atoms with E-state index in [2.05, 4.69) is 0 Å². The second-order valence-electron chi connectivity index (χ2n) is 6.45. The van der Waals surface area contributed by atoms with E-state index in [1.54, 1.807) is 0 Å². The summed E-state index contributed by atoms with van der Waals surface area (Å²) < 4.78 is 5.35. The average molecular weight is 303 g/mol. The smallest absolute Gasteiger partial charge is 0.233 e. The van der Waals surface area contributed by atoms with Gasteiger partial charge in [-0.3, -0.25) is 4.79 Å². The van der Waals surface area contributed by atoms with E-state index in [1.807, 2.05) is 35.2 Å². The van der Waals surface area contributed by atoms with Gasteiger partial charge in [-0.2, -0.15) is 0 Å². The van der Waals surface area contributed by atoms with Crippen molar-refractivity contribution in [1.29, 1.82) is 0 Å². The van der Waals surface area contributed by atoms with Gasteiger partial charge in [0.15, 0.2) is 0 Å². The van der Waals surface area contributed by atoms with Crippen LogP contribution in [0.5, 0.6) is 0 Å². The summed E-state index contributed by atoms with van der Waals surface area (Å²) in [7, 11) is 0. The standard InChI is InChI=1S/C18H25NO3/c20-17(19-11-13-22-14-12-19)16(15-7-3-1-4-8-15)18(21)9-5-2-6-10-18/h1,3-4,7-8,16,21H,2,5-6,9-14H2/t16-/m0/s1. The van der Waals surface area contributed by atoms with Crippen LogP contribution < -0.4 is 0 Å². The molecule has 4 heteroatoms. The largest absolute Gasteiger partial charge is 0.389 e. The fourth-order valence-corrected chi connectivity index (χ4v) is 3.75. The maximum absolute atomic E-state index is 13.1. The summed E-state index contributed by atoms with van der Waals surface area (Å²) in [5, 5.41) is 11.2. The van der Waals surface area contributed by atoms with Crippen LogP contribution in [0.2, 0.25) is 0 Å². The molecule has 1 atom stereocenters. The molecule has 1 saturated heterocycles. The van der Waals surface area contributed by atoms with Crippen molar-refractivity contribution in [3.63, 3.8) is 0 Å². The quantitative estimate of drug-likeness (QED) is 0.932. The van der Waals surface area contributed by atoms with Gasteiger partial charge in [0.2, 0.25) is 5.91 Å². The summed E-state index contributed by atoms with van der Waals surface area (Å²) in [4.78, 5) is 15.0. The molecular weight excluding hydrogens is 278 g/mol. The Morgan fingerprint density at radius 2 is 1.73 bits per heavy atom. The van der Waals surface area contributed by atoms with Gasteiger partial charge in [0, 0.05) is 13.1 Å². The highest BCUT2D eigenvalue weighted by Gasteiger charge is 2.44. The summed E-state index contributed by atoms with van der Waals surface area (Å²) in [6.07, 6.45) is 4.56. The summed E-state index contributed by atoms with van der Waals surface area (Å²) in [5.41, 5.74) is 0.0259. The number of morpholine rings is 1. The van der Waals surface area contributed by atoms with Gasteiger partial charge in [-0.05, 0) is 18.4 Å². The molecule has 1 aliphatic carbocycles. The molecule has 1 aliphatic heterocycles. The first-order chi connectivity index (χ1) is 10.7. The van der Waals surface area contributed by atoms with E-state index in [0.29, 0.717) is 39.1 Å². The van der Waals surface area contributed by atoms with Crippen LogP contribution in [0, 0.1) is 0 Å². The van der Waals surface area contributed by atoms with Crippen molar-refractivity contribution in [2.24, 2.45) is 0 Å². The zero-order valence-electron chi connectivity index (χ0n) is 13.0. The molecule has 0 radical (unpaired) electrons. The van der Waals surface area contributed by atoms with E-state index in [1.165, 1.54) is 0 Å². The molecule has 0 spiro atoms. The van der Waals surface area contributed by atoms with E-state index in [0.717, 1.165) is 24.8 Å². The van der Waals surface area contributed by atoms with E-state index in [9.17, 15) is 9.90 Å². The van der Waals surface area contributed by atoms with Gasteiger partial charge < -0.3 is 14.7 Å². The number of hydrogen-bond acceptors (Lipinski definition) is 3. The Labute approximate surface area is 132 Å². The minimum Gasteiger partial charge on any atom is -0.389 e. The number of carbonyl (C=O) groups is 1. The number of carbonyl (C=O) groups excluding carboxylic acids is 1. The third kappa shape index (κ3) is 3.18. The predicted octanol–water partition coefficient (Wildman–Crippen LogP) is 2.32. The molecule has 1 aromatic rings. The molecule has 120 valence electrons. The van der Waals surface area contributed by atoms with Crippen LogP contribution in [0.4, 0.5) is 0 Å². The second-order valence-corrected chi connectivity index (χ2v) is 6.45. The maximum Gasteiger partial charge on any atom is 0.233 e. The zero-order valence-corrected chi connectivity index (χ0v) is 13.0. The van der Waals surface area contributed by atoms with Crippen LogP contribution in [-0.4, -0.2) is 47.8 Å². The van der Waals surface area contributed by atoms with Crippen molar-refractivity contribution in [2.45, 2.75) is 43.6 Å². The molecule has 2 aliphatic rings. The monoisotopic (exact) mass is 303 g/mol. The minimum absolute atomic E-state index is 0.0545. The molecule has 0 aromatic heterocycles. The topological polar surface area (TPSA) is 49.8 Å². The predicted molar refractivity (Wildman–Crippen MR) is 84.6 cm³/mol. The Balaban J connectivity index is 1.90. The summed E-state index contributed by atoms with van der Waals surface area (Å²) in [6, 6.07) is 9.78. The molecule has 1 saturated carbocycles. The highest BCUT2D eigenvalue weighted by Crippen LogP contribution is 2.41. The Bertz CT molecular complexity index is 490. The lowest BCUT2D eigenvalue weighted by atomic mass is 9.72. The second kappa shape index (κ2) is 6.80. The first-order valence-corrected chi connectivity index (χ1v) is 8.34. The molecule has 2 fully saturated rings. The van der Waals surface area contributed by atoms with Crippen molar-refractivity contribution in [1.82, 2.24) is 4.90 Å². The molecule has 1 heterocycles. The lowest BCUT2D eigenvalue weighted by Gasteiger charge is -2.41. The fourth-order valence-electron chi connectivity index (χ4n) is 3.75. The van der Waals surface area contributed by atoms with Gasteiger partial charge in [-0.25, -0.2) is 0 Å². The van der Waals surface area contributed by atoms with Crippen molar-refractivity contribution in [3.8, 4) is 0 Å². The van der Waals surface area contributed by atoms with Crippen LogP contribution >= 0.6 is 0 Å². The summed E-state index contributed by atoms with van der Waals surface area (Å²) >= 11 is 0. The van der Waals surface area contributed by atoms with Crippen LogP contribution in [0.3, 0.4) is 0 Å². The number of hydrogen-bond donors (Lipinski definition) is 1. The lowest BCUT2D eigenvalue weighted by Crippen LogP contribution is -2.50. The Kier molecular flexibility index (Phi) is 4.79. The maximum atomic E-state index is 13.1. The van der Waals surface area contributed by atoms with Gasteiger partial charge >= 0.3 is 0 Å². The molecule has 3 rings (SSSR count). The summed E-state index contributed by atoms with van der Waals surface area (Å²) in [6.45, 7) is 2.42. The number of rotatable bonds is 3. The number of nitrogens with zero attached hydrogens (tertiary/aromatic N) is 1. The number of benzene rings is 1. The van der Waals surface area contributed by atoms with Crippen molar-refractivity contribution in [2.75, 3.05) is 26.3 Å². The SMILES string of the molecule is O=C([C@H](c1ccccc1)C1(O)CCCCC1)N1CCOCC1. The van der Waals surface area contributed by atoms with E-state index in [4.69, 9.17) is 4.74 Å². The zero-order chi connectivity index (χ0) is 15.4. The molecule has 1 amide bonds. The third-order valence-corrected chi connectivity index (χ3v) is 4.96. The summed E-state index contributed by atoms with van der Waals surface area (Å²) in [5.74, 6) is -0.397. The fraction of sp³-hybridized carbons (Fsp3) is 0.611. The highest BCUT2D eigenvalue weighted by atomic mass is 16.5. The van der Waals surface area contributed by atoms with Crippen molar-refractivity contribution < 1.29 is 14.6 Å². The molecular formula is C18H25NO3. The Morgan fingerprint density at radius 1 is 1.09 bits per heavy atom. The normalized spacial score (nSPS) is 23.0. The van der Waals surface area contributed by atoms with Crippen LogP contribution in [0.15, 0.2) is 30.3 Å². The molecule has 22 heavy (non-hydrogen) atoms. The van der Waals surface area contributed by atoms with Crippen molar-refractivity contribution >= 4 is 5.91 Å². The number of ether oxygens (including phenoxy) is 1. The van der Waals surface area contributed by atoms with Gasteiger partial charge in [-0.1, -0.05) is 49.6 Å². The van der Waals surface area contributed by atoms with Crippen LogP contribution in [0.1, 0.15) is 43.6 Å². The van der Waals surface area contributed by atoms with Gasteiger partial charge in [0.1, 0.15) is 0 Å². The van der Waals surface area contributed by atoms with Gasteiger partial charge in [-0.15, -0.1) is 0 Å². The van der Waals surface area contributed by atoms with Gasteiger partial charge in [0.05, 0.1) is 24.7 Å². The first-order valence-electron chi connectivity index (χ1n) is 8.34. The number of aliphatic hydroxyl groups is 1. The Morgan fingerprint density at radius 3 is 2.36 bits per heavy atom. The minimum atomic E-state index is -0.908. The number of amides is 1. The molecule has 1 N–H and O–H groups in total. The third-order valence-electron chi connectivity index (χ3n) is 4.96. The molecule has 1 aromatic carbocycles. The van der Waals surface area contributed by atoms with Crippen LogP contribution in [-0.2, 0) is 9.53 Å². The average Bonchev–Trinajstić information content (AvgIpc) is 2.57.